The van der Waals surface area contributed by atoms with E-state index in [9.17, 15) is 0 Å². The fourth-order valence-corrected chi connectivity index (χ4v) is 0.810. The van der Waals surface area contributed by atoms with Gasteiger partial charge in [-0.25, -0.2) is 10.1 Å². The zero-order valence-electron chi connectivity index (χ0n) is 7.42. The largest absolute Gasteiger partial charge is 0.508 e. The van der Waals surface area contributed by atoms with Crippen molar-refractivity contribution in [3.8, 4) is 6.07 Å². The number of nitriles is 1. The molecule has 0 rings (SSSR count). The SMILES string of the molecule is [C-]#[N+]/C(C#N)=C(\CCC)OCC. The molecule has 0 aromatic carbocycles. The van der Waals surface area contributed by atoms with Crippen molar-refractivity contribution in [2.45, 2.75) is 26.7 Å². The van der Waals surface area contributed by atoms with Gasteiger partial charge in [-0.1, -0.05) is 13.3 Å². The number of nitrogens with zero attached hydrogens (tertiary/aromatic N) is 2. The molecule has 0 radical (unpaired) electrons. The quantitative estimate of drug-likeness (QED) is 0.363. The van der Waals surface area contributed by atoms with E-state index >= 15 is 0 Å². The summed E-state index contributed by atoms with van der Waals surface area (Å²) in [5.41, 5.74) is 0.0821. The summed E-state index contributed by atoms with van der Waals surface area (Å²) < 4.78 is 5.17. The first kappa shape index (κ1) is 10.5. The van der Waals surface area contributed by atoms with E-state index < -0.39 is 0 Å². The molecule has 0 atom stereocenters. The lowest BCUT2D eigenvalue weighted by Gasteiger charge is -2.06. The summed E-state index contributed by atoms with van der Waals surface area (Å²) in [6.07, 6.45) is 1.55. The highest BCUT2D eigenvalue weighted by molar-refractivity contribution is 5.30. The van der Waals surface area contributed by atoms with E-state index in [2.05, 4.69) is 4.85 Å². The van der Waals surface area contributed by atoms with Crippen molar-refractivity contribution in [1.82, 2.24) is 0 Å². The van der Waals surface area contributed by atoms with Crippen LogP contribution in [-0.4, -0.2) is 6.61 Å². The summed E-state index contributed by atoms with van der Waals surface area (Å²) in [6.45, 7) is 11.0. The Morgan fingerprint density at radius 3 is 2.58 bits per heavy atom. The molecule has 0 amide bonds. The number of hydrogen-bond acceptors (Lipinski definition) is 2. The highest BCUT2D eigenvalue weighted by atomic mass is 16.5. The molecule has 0 saturated heterocycles. The molecule has 0 spiro atoms. The Labute approximate surface area is 73.1 Å². The Bertz CT molecular complexity index is 218. The highest BCUT2D eigenvalue weighted by Crippen LogP contribution is 2.13. The standard InChI is InChI=1S/C9H12N2O/c1-4-6-9(12-5-2)8(7-10)11-3/h4-6H2,1-2H3/b9-8+. The van der Waals surface area contributed by atoms with Crippen LogP contribution in [0, 0.1) is 17.9 Å². The van der Waals surface area contributed by atoms with E-state index in [-0.39, 0.29) is 5.70 Å². The first-order valence-electron chi connectivity index (χ1n) is 3.93. The topological polar surface area (TPSA) is 37.4 Å². The van der Waals surface area contributed by atoms with Gasteiger partial charge in [-0.05, 0) is 13.3 Å². The molecule has 0 unspecified atom stereocenters. The Hall–Kier alpha value is -1.48. The van der Waals surface area contributed by atoms with Gasteiger partial charge in [0.1, 0.15) is 5.76 Å². The van der Waals surface area contributed by atoms with Crippen molar-refractivity contribution in [2.24, 2.45) is 0 Å². The summed E-state index contributed by atoms with van der Waals surface area (Å²) in [5.74, 6) is 0.525. The van der Waals surface area contributed by atoms with Crippen molar-refractivity contribution in [2.75, 3.05) is 6.61 Å². The van der Waals surface area contributed by atoms with E-state index in [4.69, 9.17) is 16.6 Å². The van der Waals surface area contributed by atoms with Crippen LogP contribution in [-0.2, 0) is 4.74 Å². The van der Waals surface area contributed by atoms with E-state index in [1.807, 2.05) is 19.9 Å². The van der Waals surface area contributed by atoms with Crippen molar-refractivity contribution in [3.05, 3.63) is 22.9 Å². The van der Waals surface area contributed by atoms with Gasteiger partial charge < -0.3 is 4.74 Å². The molecular weight excluding hydrogens is 152 g/mol. The third-order valence-corrected chi connectivity index (χ3v) is 1.28. The molecule has 12 heavy (non-hydrogen) atoms. The molecule has 0 aliphatic carbocycles. The Morgan fingerprint density at radius 1 is 1.58 bits per heavy atom. The number of ether oxygens (including phenoxy) is 1. The van der Waals surface area contributed by atoms with Gasteiger partial charge in [-0.2, -0.15) is 0 Å². The molecule has 0 aliphatic heterocycles. The summed E-state index contributed by atoms with van der Waals surface area (Å²) in [7, 11) is 0. The van der Waals surface area contributed by atoms with Gasteiger partial charge in [0.2, 0.25) is 0 Å². The third-order valence-electron chi connectivity index (χ3n) is 1.28. The van der Waals surface area contributed by atoms with Crippen molar-refractivity contribution < 1.29 is 4.74 Å². The van der Waals surface area contributed by atoms with Gasteiger partial charge in [0.05, 0.1) is 19.2 Å². The van der Waals surface area contributed by atoms with Crippen LogP contribution in [0.1, 0.15) is 26.7 Å². The van der Waals surface area contributed by atoms with Crippen LogP contribution in [0.5, 0.6) is 0 Å². The molecule has 0 bridgehead atoms. The molecule has 3 nitrogen and oxygen atoms in total. The summed E-state index contributed by atoms with van der Waals surface area (Å²) in [6, 6.07) is 1.82. The zero-order chi connectivity index (χ0) is 9.40. The third kappa shape index (κ3) is 3.07. The van der Waals surface area contributed by atoms with Crippen molar-refractivity contribution in [3.63, 3.8) is 0 Å². The Balaban J connectivity index is 4.57. The van der Waals surface area contributed by atoms with E-state index in [0.717, 1.165) is 6.42 Å². The number of rotatable bonds is 4. The van der Waals surface area contributed by atoms with E-state index in [0.29, 0.717) is 18.8 Å². The average Bonchev–Trinajstić information content (AvgIpc) is 2.07. The van der Waals surface area contributed by atoms with Gasteiger partial charge in [0.15, 0.2) is 0 Å². The second kappa shape index (κ2) is 6.24. The van der Waals surface area contributed by atoms with Crippen LogP contribution in [0.2, 0.25) is 0 Å². The molecule has 3 heteroatoms. The monoisotopic (exact) mass is 164 g/mol. The van der Waals surface area contributed by atoms with Crippen molar-refractivity contribution in [1.29, 1.82) is 5.26 Å². The second-order valence-electron chi connectivity index (χ2n) is 2.18. The second-order valence-corrected chi connectivity index (χ2v) is 2.18. The number of hydrogen-bond donors (Lipinski definition) is 0. The smallest absolute Gasteiger partial charge is 0.298 e. The van der Waals surface area contributed by atoms with Gasteiger partial charge in [0.25, 0.3) is 5.70 Å². The molecular formula is C9H12N2O. The lowest BCUT2D eigenvalue weighted by Crippen LogP contribution is -1.94. The Kier molecular flexibility index (Phi) is 5.47. The lowest BCUT2D eigenvalue weighted by atomic mass is 10.2. The predicted octanol–water partition coefficient (Wildman–Crippen LogP) is 2.48. The van der Waals surface area contributed by atoms with Crippen LogP contribution in [0.3, 0.4) is 0 Å². The van der Waals surface area contributed by atoms with Gasteiger partial charge in [-0.3, -0.25) is 0 Å². The number of allylic oxidation sites excluding steroid dienone is 2. The lowest BCUT2D eigenvalue weighted by molar-refractivity contribution is 0.216. The summed E-state index contributed by atoms with van der Waals surface area (Å²) >= 11 is 0. The highest BCUT2D eigenvalue weighted by Gasteiger charge is 2.05. The molecule has 0 fully saturated rings. The molecule has 0 aromatic heterocycles. The fourth-order valence-electron chi connectivity index (χ4n) is 0.810. The maximum absolute atomic E-state index is 8.55. The van der Waals surface area contributed by atoms with Gasteiger partial charge >= 0.3 is 0 Å². The Morgan fingerprint density at radius 2 is 2.25 bits per heavy atom. The molecule has 0 heterocycles. The first-order chi connectivity index (χ1) is 5.79. The van der Waals surface area contributed by atoms with Crippen LogP contribution in [0.25, 0.3) is 4.85 Å². The molecule has 0 N–H and O–H groups in total. The summed E-state index contributed by atoms with van der Waals surface area (Å²) in [5, 5.41) is 8.55. The molecule has 0 aromatic rings. The van der Waals surface area contributed by atoms with Crippen LogP contribution in [0.4, 0.5) is 0 Å². The predicted molar refractivity (Wildman–Crippen MR) is 45.8 cm³/mol. The van der Waals surface area contributed by atoms with Crippen LogP contribution < -0.4 is 0 Å². The minimum Gasteiger partial charge on any atom is -0.508 e. The minimum absolute atomic E-state index is 0.0821. The summed E-state index contributed by atoms with van der Waals surface area (Å²) in [4.78, 5) is 3.09. The minimum atomic E-state index is 0.0821. The van der Waals surface area contributed by atoms with E-state index in [1.54, 1.807) is 0 Å². The van der Waals surface area contributed by atoms with Crippen LogP contribution >= 0.6 is 0 Å². The maximum Gasteiger partial charge on any atom is 0.298 e. The fraction of sp³-hybridized carbons (Fsp3) is 0.556. The molecule has 0 aliphatic rings. The van der Waals surface area contributed by atoms with Gasteiger partial charge in [0, 0.05) is 0 Å². The first-order valence-corrected chi connectivity index (χ1v) is 3.93. The average molecular weight is 164 g/mol. The van der Waals surface area contributed by atoms with Crippen molar-refractivity contribution >= 4 is 0 Å². The van der Waals surface area contributed by atoms with E-state index in [1.165, 1.54) is 0 Å². The van der Waals surface area contributed by atoms with Gasteiger partial charge in [-0.15, -0.1) is 0 Å². The zero-order valence-corrected chi connectivity index (χ0v) is 7.42. The normalized spacial score (nSPS) is 11.0. The van der Waals surface area contributed by atoms with Crippen LogP contribution in [0.15, 0.2) is 11.5 Å². The molecule has 64 valence electrons. The maximum atomic E-state index is 8.55. The molecule has 0 saturated carbocycles.